The summed E-state index contributed by atoms with van der Waals surface area (Å²) in [7, 11) is 1.58. The molecule has 1 aromatic rings. The molecule has 0 radical (unpaired) electrons. The third kappa shape index (κ3) is 3.03. The SMILES string of the molecule is C=CC1c2cc(OC)c(C)cc2OC(C)(C)C(=O)C1C(=O)OCC. The third-order valence-electron chi connectivity index (χ3n) is 4.28. The van der Waals surface area contributed by atoms with Crippen molar-refractivity contribution in [3.05, 3.63) is 35.9 Å². The predicted octanol–water partition coefficient (Wildman–Crippen LogP) is 3.19. The summed E-state index contributed by atoms with van der Waals surface area (Å²) in [6.45, 7) is 11.0. The zero-order chi connectivity index (χ0) is 18.1. The fraction of sp³-hybridized carbons (Fsp3) is 0.474. The molecule has 1 aliphatic heterocycles. The Morgan fingerprint density at radius 3 is 2.62 bits per heavy atom. The van der Waals surface area contributed by atoms with Crippen molar-refractivity contribution >= 4 is 11.8 Å². The Hall–Kier alpha value is -2.30. The van der Waals surface area contributed by atoms with Gasteiger partial charge in [-0.05, 0) is 45.4 Å². The van der Waals surface area contributed by atoms with E-state index in [9.17, 15) is 9.59 Å². The number of benzene rings is 1. The maximum atomic E-state index is 13.0. The van der Waals surface area contributed by atoms with Gasteiger partial charge in [0.1, 0.15) is 17.4 Å². The molecular weight excluding hydrogens is 308 g/mol. The predicted molar refractivity (Wildman–Crippen MR) is 90.5 cm³/mol. The molecule has 1 heterocycles. The number of allylic oxidation sites excluding steroid dienone is 1. The number of esters is 1. The average Bonchev–Trinajstić information content (AvgIpc) is 2.59. The van der Waals surface area contributed by atoms with Gasteiger partial charge in [-0.25, -0.2) is 0 Å². The molecule has 0 bridgehead atoms. The van der Waals surface area contributed by atoms with E-state index in [4.69, 9.17) is 14.2 Å². The second kappa shape index (κ2) is 6.67. The van der Waals surface area contributed by atoms with Crippen molar-refractivity contribution in [3.8, 4) is 11.5 Å². The number of ether oxygens (including phenoxy) is 3. The number of hydrogen-bond acceptors (Lipinski definition) is 5. The first-order valence-corrected chi connectivity index (χ1v) is 7.97. The summed E-state index contributed by atoms with van der Waals surface area (Å²) in [5.74, 6) is -1.19. The maximum Gasteiger partial charge on any atom is 0.317 e. The smallest absolute Gasteiger partial charge is 0.317 e. The highest BCUT2D eigenvalue weighted by Crippen LogP contribution is 2.43. The third-order valence-corrected chi connectivity index (χ3v) is 4.28. The molecule has 0 saturated carbocycles. The number of ketones is 1. The van der Waals surface area contributed by atoms with Crippen LogP contribution in [0.15, 0.2) is 24.8 Å². The van der Waals surface area contributed by atoms with Gasteiger partial charge in [0.25, 0.3) is 0 Å². The number of methoxy groups -OCH3 is 1. The van der Waals surface area contributed by atoms with Gasteiger partial charge in [0, 0.05) is 11.5 Å². The van der Waals surface area contributed by atoms with E-state index in [0.717, 1.165) is 5.56 Å². The lowest BCUT2D eigenvalue weighted by Crippen LogP contribution is -2.45. The van der Waals surface area contributed by atoms with E-state index in [0.29, 0.717) is 17.1 Å². The summed E-state index contributed by atoms with van der Waals surface area (Å²) in [6.07, 6.45) is 1.60. The molecule has 1 aliphatic rings. The van der Waals surface area contributed by atoms with Crippen molar-refractivity contribution in [2.24, 2.45) is 5.92 Å². The quantitative estimate of drug-likeness (QED) is 0.481. The van der Waals surface area contributed by atoms with Gasteiger partial charge in [-0.3, -0.25) is 9.59 Å². The van der Waals surface area contributed by atoms with E-state index >= 15 is 0 Å². The van der Waals surface area contributed by atoms with Crippen LogP contribution in [0.2, 0.25) is 0 Å². The largest absolute Gasteiger partial charge is 0.496 e. The second-order valence-corrected chi connectivity index (χ2v) is 6.33. The molecule has 0 saturated heterocycles. The van der Waals surface area contributed by atoms with Crippen molar-refractivity contribution in [1.82, 2.24) is 0 Å². The second-order valence-electron chi connectivity index (χ2n) is 6.33. The fourth-order valence-corrected chi connectivity index (χ4v) is 3.04. The molecule has 2 atom stereocenters. The molecular formula is C19H24O5. The molecule has 2 unspecified atom stereocenters. The van der Waals surface area contributed by atoms with E-state index < -0.39 is 23.4 Å². The minimum atomic E-state index is -1.15. The molecule has 0 N–H and O–H groups in total. The Morgan fingerprint density at radius 2 is 2.08 bits per heavy atom. The number of Topliss-reactive ketones (excluding diaryl/α,β-unsaturated/α-hetero) is 1. The van der Waals surface area contributed by atoms with E-state index in [2.05, 4.69) is 6.58 Å². The fourth-order valence-electron chi connectivity index (χ4n) is 3.04. The first-order chi connectivity index (χ1) is 11.3. The van der Waals surface area contributed by atoms with Gasteiger partial charge in [0.05, 0.1) is 13.7 Å². The monoisotopic (exact) mass is 332 g/mol. The molecule has 130 valence electrons. The number of aryl methyl sites for hydroxylation is 1. The highest BCUT2D eigenvalue weighted by Gasteiger charge is 2.48. The van der Waals surface area contributed by atoms with Crippen LogP contribution in [0.4, 0.5) is 0 Å². The van der Waals surface area contributed by atoms with Crippen LogP contribution >= 0.6 is 0 Å². The molecule has 5 nitrogen and oxygen atoms in total. The van der Waals surface area contributed by atoms with Crippen LogP contribution in [-0.2, 0) is 14.3 Å². The summed E-state index contributed by atoms with van der Waals surface area (Å²) in [6, 6.07) is 3.63. The molecule has 0 spiro atoms. The van der Waals surface area contributed by atoms with Gasteiger partial charge in [-0.15, -0.1) is 6.58 Å². The van der Waals surface area contributed by atoms with Crippen molar-refractivity contribution < 1.29 is 23.8 Å². The maximum absolute atomic E-state index is 13.0. The van der Waals surface area contributed by atoms with Gasteiger partial charge in [0.15, 0.2) is 11.4 Å². The molecule has 1 aromatic carbocycles. The molecule has 0 aromatic heterocycles. The van der Waals surface area contributed by atoms with Crippen LogP contribution in [0, 0.1) is 12.8 Å². The zero-order valence-corrected chi connectivity index (χ0v) is 14.8. The summed E-state index contributed by atoms with van der Waals surface area (Å²) >= 11 is 0. The normalized spacial score (nSPS) is 22.0. The summed E-state index contributed by atoms with van der Waals surface area (Å²) in [5.41, 5.74) is 0.437. The lowest BCUT2D eigenvalue weighted by molar-refractivity contribution is -0.155. The van der Waals surface area contributed by atoms with E-state index in [1.165, 1.54) is 0 Å². The van der Waals surface area contributed by atoms with Crippen molar-refractivity contribution in [1.29, 1.82) is 0 Å². The van der Waals surface area contributed by atoms with Crippen LogP contribution < -0.4 is 9.47 Å². The minimum absolute atomic E-state index is 0.206. The Labute approximate surface area is 142 Å². The van der Waals surface area contributed by atoms with Crippen molar-refractivity contribution in [2.45, 2.75) is 39.2 Å². The first kappa shape index (κ1) is 18.0. The number of carbonyl (C=O) groups is 2. The number of rotatable bonds is 4. The number of carbonyl (C=O) groups excluding carboxylic acids is 2. The molecule has 5 heteroatoms. The zero-order valence-electron chi connectivity index (χ0n) is 14.8. The highest BCUT2D eigenvalue weighted by atomic mass is 16.5. The summed E-state index contributed by atoms with van der Waals surface area (Å²) in [5, 5.41) is 0. The number of fused-ring (bicyclic) bond motifs is 1. The van der Waals surface area contributed by atoms with Crippen LogP contribution in [0.5, 0.6) is 11.5 Å². The molecule has 0 fully saturated rings. The number of hydrogen-bond donors (Lipinski definition) is 0. The topological polar surface area (TPSA) is 61.8 Å². The lowest BCUT2D eigenvalue weighted by Gasteiger charge is -2.26. The summed E-state index contributed by atoms with van der Waals surface area (Å²) < 4.78 is 16.5. The minimum Gasteiger partial charge on any atom is -0.496 e. The molecule has 2 rings (SSSR count). The van der Waals surface area contributed by atoms with Crippen LogP contribution in [0.3, 0.4) is 0 Å². The highest BCUT2D eigenvalue weighted by molar-refractivity contribution is 6.05. The Kier molecular flexibility index (Phi) is 5.02. The van der Waals surface area contributed by atoms with Crippen LogP contribution in [0.1, 0.15) is 37.8 Å². The first-order valence-electron chi connectivity index (χ1n) is 7.97. The van der Waals surface area contributed by atoms with Crippen LogP contribution in [-0.4, -0.2) is 31.1 Å². The van der Waals surface area contributed by atoms with Gasteiger partial charge < -0.3 is 14.2 Å². The molecule has 24 heavy (non-hydrogen) atoms. The van der Waals surface area contributed by atoms with Crippen molar-refractivity contribution in [2.75, 3.05) is 13.7 Å². The van der Waals surface area contributed by atoms with Crippen molar-refractivity contribution in [3.63, 3.8) is 0 Å². The van der Waals surface area contributed by atoms with Gasteiger partial charge >= 0.3 is 5.97 Å². The molecule has 0 aliphatic carbocycles. The summed E-state index contributed by atoms with van der Waals surface area (Å²) in [4.78, 5) is 25.4. The van der Waals surface area contributed by atoms with Crippen LogP contribution in [0.25, 0.3) is 0 Å². The van der Waals surface area contributed by atoms with Gasteiger partial charge in [0.2, 0.25) is 0 Å². The standard InChI is InChI=1S/C19H24O5/c1-7-12-13-10-14(22-6)11(3)9-15(13)24-19(4,5)17(20)16(12)18(21)23-8-2/h7,9-10,12,16H,1,8H2,2-6H3. The Bertz CT molecular complexity index is 675. The Morgan fingerprint density at radius 1 is 1.42 bits per heavy atom. The Balaban J connectivity index is 2.68. The molecule has 0 amide bonds. The average molecular weight is 332 g/mol. The lowest BCUT2D eigenvalue weighted by atomic mass is 9.79. The van der Waals surface area contributed by atoms with E-state index in [1.54, 1.807) is 40.0 Å². The van der Waals surface area contributed by atoms with Gasteiger partial charge in [-0.1, -0.05) is 6.08 Å². The van der Waals surface area contributed by atoms with E-state index in [-0.39, 0.29) is 12.4 Å². The van der Waals surface area contributed by atoms with Gasteiger partial charge in [-0.2, -0.15) is 0 Å². The van der Waals surface area contributed by atoms with E-state index in [1.807, 2.05) is 13.0 Å².